The smallest absolute Gasteiger partial charge is 0.137 e. The molecule has 1 N–H and O–H groups in total. The zero-order valence-corrected chi connectivity index (χ0v) is 10.6. The van der Waals surface area contributed by atoms with E-state index >= 15 is 0 Å². The van der Waals surface area contributed by atoms with Crippen LogP contribution in [0.4, 0.5) is 0 Å². The molecule has 3 nitrogen and oxygen atoms in total. The van der Waals surface area contributed by atoms with Crippen LogP contribution in [0.2, 0.25) is 0 Å². The van der Waals surface area contributed by atoms with Gasteiger partial charge in [0.15, 0.2) is 0 Å². The predicted molar refractivity (Wildman–Crippen MR) is 72.4 cm³/mol. The van der Waals surface area contributed by atoms with Gasteiger partial charge >= 0.3 is 0 Å². The van der Waals surface area contributed by atoms with E-state index in [2.05, 4.69) is 32.7 Å². The molecule has 0 aliphatic carbocycles. The largest absolute Gasteiger partial charge is 0.308 e. The van der Waals surface area contributed by atoms with Crippen LogP contribution in [0.15, 0.2) is 30.6 Å². The lowest BCUT2D eigenvalue weighted by Gasteiger charge is -2.22. The molecule has 0 spiro atoms. The number of rotatable bonds is 3. The van der Waals surface area contributed by atoms with Crippen LogP contribution < -0.4 is 5.32 Å². The van der Waals surface area contributed by atoms with Gasteiger partial charge in [0.25, 0.3) is 0 Å². The first kappa shape index (κ1) is 11.1. The molecular weight excluding hydrogens is 230 g/mol. The molecule has 90 valence electrons. The molecule has 2 aromatic rings. The molecule has 0 bridgehead atoms. The van der Waals surface area contributed by atoms with Gasteiger partial charge in [-0.1, -0.05) is 6.07 Å². The van der Waals surface area contributed by atoms with Gasteiger partial charge in [-0.05, 0) is 36.5 Å². The number of fused-ring (bicyclic) bond motifs is 1. The van der Waals surface area contributed by atoms with Crippen LogP contribution in [-0.2, 0) is 6.54 Å². The van der Waals surface area contributed by atoms with Crippen LogP contribution in [0.1, 0.15) is 18.5 Å². The summed E-state index contributed by atoms with van der Waals surface area (Å²) in [4.78, 5) is 4.59. The van der Waals surface area contributed by atoms with E-state index in [0.717, 1.165) is 17.9 Å². The molecule has 0 radical (unpaired) electrons. The minimum absolute atomic E-state index is 0.682. The van der Waals surface area contributed by atoms with Crippen molar-refractivity contribution < 1.29 is 0 Å². The summed E-state index contributed by atoms with van der Waals surface area (Å²) in [5.41, 5.74) is 2.16. The fourth-order valence-electron chi connectivity index (χ4n) is 2.22. The summed E-state index contributed by atoms with van der Waals surface area (Å²) >= 11 is 2.06. The molecule has 1 aliphatic rings. The van der Waals surface area contributed by atoms with Crippen molar-refractivity contribution in [2.75, 3.05) is 11.5 Å². The highest BCUT2D eigenvalue weighted by atomic mass is 32.2. The zero-order chi connectivity index (χ0) is 11.5. The first-order valence-electron chi connectivity index (χ1n) is 6.15. The number of pyridine rings is 1. The number of hydrogen-bond acceptors (Lipinski definition) is 3. The van der Waals surface area contributed by atoms with Crippen molar-refractivity contribution in [2.24, 2.45) is 0 Å². The number of imidazole rings is 1. The Morgan fingerprint density at radius 1 is 1.35 bits per heavy atom. The van der Waals surface area contributed by atoms with Crippen molar-refractivity contribution in [3.05, 3.63) is 36.3 Å². The highest BCUT2D eigenvalue weighted by Crippen LogP contribution is 2.17. The summed E-state index contributed by atoms with van der Waals surface area (Å²) < 4.78 is 2.08. The summed E-state index contributed by atoms with van der Waals surface area (Å²) in [6.07, 6.45) is 6.74. The van der Waals surface area contributed by atoms with Crippen LogP contribution in [0.3, 0.4) is 0 Å². The summed E-state index contributed by atoms with van der Waals surface area (Å²) in [5.74, 6) is 2.59. The van der Waals surface area contributed by atoms with Gasteiger partial charge < -0.3 is 9.72 Å². The second kappa shape index (κ2) is 5.10. The standard InChI is InChI=1S/C13H17N3S/c1-2-6-16-10-12(15-13(16)3-1)9-14-11-4-7-17-8-5-11/h1-3,6,10-11,14H,4-5,7-9H2. The summed E-state index contributed by atoms with van der Waals surface area (Å²) in [5, 5.41) is 3.61. The average Bonchev–Trinajstić information content (AvgIpc) is 2.80. The molecule has 2 aromatic heterocycles. The van der Waals surface area contributed by atoms with Gasteiger partial charge in [0.05, 0.1) is 5.69 Å². The van der Waals surface area contributed by atoms with Gasteiger partial charge in [-0.25, -0.2) is 4.98 Å². The molecule has 0 saturated carbocycles. The third-order valence-electron chi connectivity index (χ3n) is 3.21. The third-order valence-corrected chi connectivity index (χ3v) is 4.26. The summed E-state index contributed by atoms with van der Waals surface area (Å²) in [7, 11) is 0. The second-order valence-electron chi connectivity index (χ2n) is 4.47. The SMILES string of the molecule is c1ccn2cc(CNC3CCSCC3)nc2c1. The molecule has 0 atom stereocenters. The molecule has 1 aliphatic heterocycles. The Hall–Kier alpha value is -1.00. The minimum atomic E-state index is 0.682. The van der Waals surface area contributed by atoms with Crippen LogP contribution in [0, 0.1) is 0 Å². The molecule has 3 rings (SSSR count). The van der Waals surface area contributed by atoms with Crippen LogP contribution >= 0.6 is 11.8 Å². The molecule has 4 heteroatoms. The number of nitrogens with one attached hydrogen (secondary N) is 1. The molecular formula is C13H17N3S. The van der Waals surface area contributed by atoms with Gasteiger partial charge in [-0.15, -0.1) is 0 Å². The van der Waals surface area contributed by atoms with Crippen LogP contribution in [0.5, 0.6) is 0 Å². The van der Waals surface area contributed by atoms with E-state index in [-0.39, 0.29) is 0 Å². The second-order valence-corrected chi connectivity index (χ2v) is 5.69. The molecule has 1 saturated heterocycles. The lowest BCUT2D eigenvalue weighted by atomic mass is 10.1. The Balaban J connectivity index is 1.64. The van der Waals surface area contributed by atoms with Gasteiger partial charge in [-0.3, -0.25) is 0 Å². The minimum Gasteiger partial charge on any atom is -0.308 e. The van der Waals surface area contributed by atoms with Crippen molar-refractivity contribution in [3.8, 4) is 0 Å². The van der Waals surface area contributed by atoms with Gasteiger partial charge in [0, 0.05) is 25.0 Å². The highest BCUT2D eigenvalue weighted by Gasteiger charge is 2.13. The Kier molecular flexibility index (Phi) is 3.34. The van der Waals surface area contributed by atoms with E-state index in [9.17, 15) is 0 Å². The van der Waals surface area contributed by atoms with Crippen molar-refractivity contribution in [1.29, 1.82) is 0 Å². The van der Waals surface area contributed by atoms with Crippen LogP contribution in [-0.4, -0.2) is 26.9 Å². The Bertz CT molecular complexity index is 455. The van der Waals surface area contributed by atoms with Crippen LogP contribution in [0.25, 0.3) is 5.65 Å². The summed E-state index contributed by atoms with van der Waals surface area (Å²) in [6.45, 7) is 0.886. The van der Waals surface area contributed by atoms with E-state index in [4.69, 9.17) is 0 Å². The van der Waals surface area contributed by atoms with E-state index in [1.807, 2.05) is 24.4 Å². The topological polar surface area (TPSA) is 29.3 Å². The number of hydrogen-bond donors (Lipinski definition) is 1. The molecule has 0 unspecified atom stereocenters. The molecule has 1 fully saturated rings. The van der Waals surface area contributed by atoms with Gasteiger partial charge in [0.2, 0.25) is 0 Å². The van der Waals surface area contributed by atoms with Gasteiger partial charge in [0.1, 0.15) is 5.65 Å². The van der Waals surface area contributed by atoms with Gasteiger partial charge in [-0.2, -0.15) is 11.8 Å². The lowest BCUT2D eigenvalue weighted by molar-refractivity contribution is 0.479. The quantitative estimate of drug-likeness (QED) is 0.902. The molecule has 3 heterocycles. The van der Waals surface area contributed by atoms with Crippen molar-refractivity contribution in [2.45, 2.75) is 25.4 Å². The first-order valence-corrected chi connectivity index (χ1v) is 7.31. The number of thioether (sulfide) groups is 1. The fourth-order valence-corrected chi connectivity index (χ4v) is 3.33. The maximum absolute atomic E-state index is 4.59. The average molecular weight is 247 g/mol. The van der Waals surface area contributed by atoms with E-state index in [1.54, 1.807) is 0 Å². The van der Waals surface area contributed by atoms with Crippen molar-refractivity contribution >= 4 is 17.4 Å². The summed E-state index contributed by atoms with van der Waals surface area (Å²) in [6, 6.07) is 6.78. The Morgan fingerprint density at radius 3 is 3.06 bits per heavy atom. The molecule has 17 heavy (non-hydrogen) atoms. The maximum Gasteiger partial charge on any atom is 0.137 e. The predicted octanol–water partition coefficient (Wildman–Crippen LogP) is 2.32. The zero-order valence-electron chi connectivity index (χ0n) is 9.80. The Morgan fingerprint density at radius 2 is 2.24 bits per heavy atom. The highest BCUT2D eigenvalue weighted by molar-refractivity contribution is 7.99. The number of nitrogens with zero attached hydrogens (tertiary/aromatic N) is 2. The molecule has 0 amide bonds. The van der Waals surface area contributed by atoms with E-state index in [0.29, 0.717) is 6.04 Å². The van der Waals surface area contributed by atoms with E-state index in [1.165, 1.54) is 24.3 Å². The lowest BCUT2D eigenvalue weighted by Crippen LogP contribution is -2.32. The third kappa shape index (κ3) is 2.64. The monoisotopic (exact) mass is 247 g/mol. The molecule has 0 aromatic carbocycles. The van der Waals surface area contributed by atoms with Crippen molar-refractivity contribution in [1.82, 2.24) is 14.7 Å². The normalized spacial score (nSPS) is 17.6. The first-order chi connectivity index (χ1) is 8.42. The van der Waals surface area contributed by atoms with E-state index < -0.39 is 0 Å². The Labute approximate surface area is 106 Å². The number of aromatic nitrogens is 2. The maximum atomic E-state index is 4.59. The van der Waals surface area contributed by atoms with Crippen molar-refractivity contribution in [3.63, 3.8) is 0 Å². The fraction of sp³-hybridized carbons (Fsp3) is 0.462.